The summed E-state index contributed by atoms with van der Waals surface area (Å²) in [7, 11) is 0. The van der Waals surface area contributed by atoms with E-state index in [2.05, 4.69) is 96.2 Å². The van der Waals surface area contributed by atoms with Crippen molar-refractivity contribution in [2.75, 3.05) is 13.2 Å². The fourth-order valence-corrected chi connectivity index (χ4v) is 15.8. The quantitative estimate of drug-likeness (QED) is 0.0254. The van der Waals surface area contributed by atoms with Crippen LogP contribution in [0.15, 0.2) is 60.3 Å². The molecule has 3 fully saturated rings. The molecule has 0 bridgehead atoms. The van der Waals surface area contributed by atoms with Crippen LogP contribution in [0.4, 0.5) is 0 Å². The van der Waals surface area contributed by atoms with E-state index in [1.165, 1.54) is 167 Å². The highest BCUT2D eigenvalue weighted by molar-refractivity contribution is 5.71. The lowest BCUT2D eigenvalue weighted by Crippen LogP contribution is -2.52. The normalized spacial score (nSPS) is 22.8. The first kappa shape index (κ1) is 81.0. The van der Waals surface area contributed by atoms with Crippen LogP contribution < -0.4 is 0 Å². The number of unbranched alkanes of at least 4 members (excludes halogenated alkanes) is 33. The van der Waals surface area contributed by atoms with Gasteiger partial charge in [-0.25, -0.2) is 0 Å². The van der Waals surface area contributed by atoms with E-state index in [0.29, 0.717) is 43.4 Å². The summed E-state index contributed by atoms with van der Waals surface area (Å²) in [4.78, 5) is 51.9. The van der Waals surface area contributed by atoms with Crippen molar-refractivity contribution in [3.05, 3.63) is 60.3 Å². The minimum atomic E-state index is -0.816. The molecule has 0 amide bonds. The lowest BCUT2D eigenvalue weighted by Gasteiger charge is -2.58. The van der Waals surface area contributed by atoms with Gasteiger partial charge in [-0.3, -0.25) is 19.2 Å². The molecule has 4 aliphatic carbocycles. The molecule has 0 saturated heterocycles. The smallest absolute Gasteiger partial charge is 0.306 e. The molecule has 4 rings (SSSR count). The number of allylic oxidation sites excluding steroid dienone is 7. The molecule has 4 aliphatic rings. The molecule has 0 aliphatic heterocycles. The van der Waals surface area contributed by atoms with Crippen molar-refractivity contribution in [1.29, 1.82) is 0 Å². The highest BCUT2D eigenvalue weighted by atomic mass is 16.6. The molecule has 9 nitrogen and oxygen atoms in total. The molecule has 0 aromatic heterocycles. The van der Waals surface area contributed by atoms with E-state index in [1.807, 2.05) is 0 Å². The fourth-order valence-electron chi connectivity index (χ4n) is 15.8. The van der Waals surface area contributed by atoms with Crippen molar-refractivity contribution >= 4 is 23.9 Å². The molecule has 0 heterocycles. The van der Waals surface area contributed by atoms with Gasteiger partial charge in [0, 0.05) is 31.1 Å². The van der Waals surface area contributed by atoms with Gasteiger partial charge in [-0.15, -0.1) is 0 Å². The van der Waals surface area contributed by atoms with E-state index < -0.39 is 6.10 Å². The summed E-state index contributed by atoms with van der Waals surface area (Å²) < 4.78 is 30.4. The molecular formula is C83H142O9. The Morgan fingerprint density at radius 1 is 0.435 bits per heavy atom. The summed E-state index contributed by atoms with van der Waals surface area (Å²) in [6.07, 6.45) is 77.4. The van der Waals surface area contributed by atoms with Crippen LogP contribution in [-0.4, -0.2) is 61.5 Å². The number of carbonyl (C=O) groups is 4. The van der Waals surface area contributed by atoms with Crippen LogP contribution in [0.1, 0.15) is 375 Å². The second kappa shape index (κ2) is 51.8. The van der Waals surface area contributed by atoms with E-state index in [9.17, 15) is 19.2 Å². The Morgan fingerprint density at radius 2 is 0.837 bits per heavy atom. The van der Waals surface area contributed by atoms with Crippen molar-refractivity contribution in [3.63, 3.8) is 0 Å². The molecule has 0 aromatic carbocycles. The van der Waals surface area contributed by atoms with Gasteiger partial charge in [-0.05, 0) is 177 Å². The number of esters is 4. The third kappa shape index (κ3) is 34.5. The number of rotatable bonds is 57. The maximum Gasteiger partial charge on any atom is 0.306 e. The summed E-state index contributed by atoms with van der Waals surface area (Å²) in [6.45, 7) is 13.8. The predicted molar refractivity (Wildman–Crippen MR) is 384 cm³/mol. The Morgan fingerprint density at radius 3 is 1.33 bits per heavy atom. The first-order valence-electron chi connectivity index (χ1n) is 39.7. The molecule has 5 unspecified atom stereocenters. The van der Waals surface area contributed by atoms with Crippen LogP contribution in [0.2, 0.25) is 0 Å². The van der Waals surface area contributed by atoms with E-state index in [4.69, 9.17) is 23.7 Å². The Labute approximate surface area is 565 Å². The minimum absolute atomic E-state index is 0.0305. The van der Waals surface area contributed by atoms with Gasteiger partial charge in [0.1, 0.15) is 19.3 Å². The number of hydrogen-bond acceptors (Lipinski definition) is 9. The van der Waals surface area contributed by atoms with Crippen molar-refractivity contribution in [2.45, 2.75) is 400 Å². The van der Waals surface area contributed by atoms with Crippen molar-refractivity contribution in [2.24, 2.45) is 28.6 Å². The van der Waals surface area contributed by atoms with Gasteiger partial charge >= 0.3 is 23.9 Å². The zero-order chi connectivity index (χ0) is 66.0. The van der Waals surface area contributed by atoms with Crippen LogP contribution in [-0.2, 0) is 42.9 Å². The van der Waals surface area contributed by atoms with Gasteiger partial charge in [0.05, 0.1) is 12.2 Å². The topological polar surface area (TPSA) is 114 Å². The van der Waals surface area contributed by atoms with E-state index in [-0.39, 0.29) is 66.2 Å². The molecule has 92 heavy (non-hydrogen) atoms. The van der Waals surface area contributed by atoms with Crippen LogP contribution in [0.5, 0.6) is 0 Å². The highest BCUT2D eigenvalue weighted by Gasteiger charge is 2.60. The summed E-state index contributed by atoms with van der Waals surface area (Å²) in [5.74, 6) is 1.15. The van der Waals surface area contributed by atoms with Gasteiger partial charge in [0.25, 0.3) is 0 Å². The summed E-state index contributed by atoms with van der Waals surface area (Å²) in [5.41, 5.74) is 1.97. The third-order valence-electron chi connectivity index (χ3n) is 21.6. The molecule has 3 saturated carbocycles. The third-order valence-corrected chi connectivity index (χ3v) is 21.6. The monoisotopic (exact) mass is 1280 g/mol. The Kier molecular flexibility index (Phi) is 45.6. The largest absolute Gasteiger partial charge is 0.462 e. The number of fused-ring (bicyclic) bond motifs is 5. The fraction of sp³-hybridized carbons (Fsp3) is 0.831. The van der Waals surface area contributed by atoms with Crippen LogP contribution >= 0.6 is 0 Å². The minimum Gasteiger partial charge on any atom is -0.462 e. The number of ether oxygens (including phenoxy) is 5. The van der Waals surface area contributed by atoms with Gasteiger partial charge in [0.2, 0.25) is 0 Å². The van der Waals surface area contributed by atoms with Crippen LogP contribution in [0.25, 0.3) is 0 Å². The van der Waals surface area contributed by atoms with Gasteiger partial charge in [0.15, 0.2) is 6.10 Å². The van der Waals surface area contributed by atoms with Gasteiger partial charge in [-0.1, -0.05) is 256 Å². The second-order valence-corrected chi connectivity index (χ2v) is 29.4. The molecule has 0 radical (unpaired) electrons. The summed E-state index contributed by atoms with van der Waals surface area (Å²) in [6, 6.07) is 0. The standard InChI is InChI=1S/C83H142O9/c1-7-11-15-19-21-23-25-27-29-31-33-35-39-44-50-55-78(84)88-68-73(91-80(86)57-52-46-40-36-34-32-30-28-26-24-22-20-16-12-8-2)69-89-79(85)56-51-45-41-37-38-43-48-54-71(53-47-42-17-13-9-3)90-72-63-65-82(5)70(67-72)59-60-74-75-61-62-77(83(75,6)66-64-76(74)82)92-81(87)58-49-18-14-10-4/h27-30,47-48,53-54,67,71-77H,7-26,31-46,49-52,55-66,68-69H2,1-6H3/b29-27-,30-28-,53-47-,54-48-/t71?,72?,73?,74-,75?,76?,77-,82-,83-/m0/s1. The maximum absolute atomic E-state index is 13.1. The van der Waals surface area contributed by atoms with Crippen molar-refractivity contribution < 1.29 is 42.9 Å². The van der Waals surface area contributed by atoms with Crippen molar-refractivity contribution in [3.8, 4) is 0 Å². The molecule has 528 valence electrons. The zero-order valence-corrected chi connectivity index (χ0v) is 60.6. The van der Waals surface area contributed by atoms with E-state index in [1.54, 1.807) is 5.57 Å². The van der Waals surface area contributed by atoms with E-state index in [0.717, 1.165) is 141 Å². The predicted octanol–water partition coefficient (Wildman–Crippen LogP) is 24.1. The maximum atomic E-state index is 13.1. The molecule has 0 N–H and O–H groups in total. The van der Waals surface area contributed by atoms with Crippen molar-refractivity contribution in [1.82, 2.24) is 0 Å². The average molecular weight is 1280 g/mol. The first-order valence-corrected chi connectivity index (χ1v) is 39.7. The molecular weight excluding hydrogens is 1140 g/mol. The molecule has 0 spiro atoms. The van der Waals surface area contributed by atoms with Crippen LogP contribution in [0, 0.1) is 28.6 Å². The Hall–Kier alpha value is -3.46. The average Bonchev–Trinajstić information content (AvgIpc) is 1.31. The molecule has 0 aromatic rings. The SMILES string of the molecule is CCCCC/C=C\C(/C=C\CCCCCCCC(=O)OCC(COC(=O)CCCCCCC/C=C\CCCCCCCC)OC(=O)CCCCCCC/C=C\CCCCCCCC)OC1C=C2CC[C@@H]3C(CC[C@@]4(C)C3CC[C@@H]4OC(=O)CCCCCC)[C@@]2(C)CC1. The summed E-state index contributed by atoms with van der Waals surface area (Å²) in [5, 5.41) is 0. The summed E-state index contributed by atoms with van der Waals surface area (Å²) >= 11 is 0. The van der Waals surface area contributed by atoms with Gasteiger partial charge in [-0.2, -0.15) is 0 Å². The van der Waals surface area contributed by atoms with Crippen LogP contribution in [0.3, 0.4) is 0 Å². The molecule has 9 heteroatoms. The van der Waals surface area contributed by atoms with Gasteiger partial charge < -0.3 is 23.7 Å². The molecule has 9 atom stereocenters. The lowest BCUT2D eigenvalue weighted by molar-refractivity contribution is -0.167. The first-order chi connectivity index (χ1) is 45.0. The Bertz CT molecular complexity index is 2070. The second-order valence-electron chi connectivity index (χ2n) is 29.4. The lowest BCUT2D eigenvalue weighted by atomic mass is 9.47. The zero-order valence-electron chi connectivity index (χ0n) is 60.6. The number of carbonyl (C=O) groups excluding carboxylic acids is 4. The number of hydrogen-bond donors (Lipinski definition) is 0. The van der Waals surface area contributed by atoms with E-state index >= 15 is 0 Å². The highest BCUT2D eigenvalue weighted by Crippen LogP contribution is 2.66. The Balaban J connectivity index is 1.15.